The van der Waals surface area contributed by atoms with Crippen molar-refractivity contribution in [1.29, 1.82) is 0 Å². The molecule has 2 fully saturated rings. The molecule has 4 N–H and O–H groups in total. The second kappa shape index (κ2) is 8.94. The minimum absolute atomic E-state index is 0.0153. The Morgan fingerprint density at radius 1 is 1.14 bits per heavy atom. The zero-order valence-electron chi connectivity index (χ0n) is 19.0. The zero-order chi connectivity index (χ0) is 25.6. The molecule has 4 rings (SSSR count). The molecule has 2 aromatic rings. The van der Waals surface area contributed by atoms with Gasteiger partial charge in [-0.05, 0) is 25.0 Å². The first-order valence-electron chi connectivity index (χ1n) is 10.7. The van der Waals surface area contributed by atoms with E-state index in [1.807, 2.05) is 18.2 Å². The number of thioether (sulfide) groups is 1. The number of amides is 2. The molecule has 35 heavy (non-hydrogen) atoms. The third kappa shape index (κ3) is 4.54. The number of fused-ring (bicyclic) bond motifs is 1. The van der Waals surface area contributed by atoms with Crippen LogP contribution < -0.4 is 11.1 Å². The van der Waals surface area contributed by atoms with Gasteiger partial charge in [0, 0.05) is 4.75 Å². The lowest BCUT2D eigenvalue weighted by Crippen LogP contribution is -2.84. The third-order valence-electron chi connectivity index (χ3n) is 6.00. The maximum absolute atomic E-state index is 13.1. The minimum atomic E-state index is -4.87. The molecule has 12 heteroatoms. The molecule has 2 aliphatic heterocycles. The standard InChI is InChI=1S/C23H25N3O7S2/c1-22(2)17(19(28)33-13-14-9-5-3-6-10-14)26-20(29)23(24,21(26)34-22)25-18(27)16(35(30,31)32)15-11-7-4-8-12-15/h3-12,16-17,21H,13,24H2,1-2H3,(H,25,27)(H,30,31,32)/t16?,17-,21+,23+/m0/s1. The molecule has 2 aliphatic rings. The molecule has 0 aliphatic carbocycles. The number of β-lactam (4-membered cyclic amide) rings is 1. The van der Waals surface area contributed by atoms with Crippen LogP contribution >= 0.6 is 11.8 Å². The second-order valence-electron chi connectivity index (χ2n) is 8.95. The molecule has 2 aromatic carbocycles. The summed E-state index contributed by atoms with van der Waals surface area (Å²) in [6.45, 7) is 3.54. The Hall–Kier alpha value is -2.93. The van der Waals surface area contributed by atoms with Crippen LogP contribution in [0.15, 0.2) is 60.7 Å². The van der Waals surface area contributed by atoms with Crippen molar-refractivity contribution in [2.45, 2.75) is 47.5 Å². The van der Waals surface area contributed by atoms with E-state index in [4.69, 9.17) is 10.5 Å². The molecule has 2 amide bonds. The Bertz CT molecular complexity index is 1250. The number of rotatable bonds is 7. The Kier molecular flexibility index (Phi) is 6.43. The molecule has 10 nitrogen and oxygen atoms in total. The van der Waals surface area contributed by atoms with Crippen molar-refractivity contribution in [1.82, 2.24) is 10.2 Å². The summed E-state index contributed by atoms with van der Waals surface area (Å²) in [5.41, 5.74) is 5.10. The summed E-state index contributed by atoms with van der Waals surface area (Å²) in [5, 5.41) is -0.512. The van der Waals surface area contributed by atoms with Crippen LogP contribution in [0.3, 0.4) is 0 Å². The number of esters is 1. The number of hydrogen-bond acceptors (Lipinski definition) is 8. The van der Waals surface area contributed by atoms with Crippen molar-refractivity contribution >= 4 is 39.7 Å². The SMILES string of the molecule is CC1(C)S[C@H]2N(C(=O)[C@@]2(N)NC(=O)C(c2ccccc2)S(=O)(=O)O)[C@H]1C(=O)OCc1ccccc1. The quantitative estimate of drug-likeness (QED) is 0.212. The smallest absolute Gasteiger partial charge is 0.330 e. The highest BCUT2D eigenvalue weighted by Crippen LogP contribution is 2.53. The van der Waals surface area contributed by atoms with E-state index in [2.05, 4.69) is 5.32 Å². The van der Waals surface area contributed by atoms with E-state index >= 15 is 0 Å². The van der Waals surface area contributed by atoms with E-state index in [0.29, 0.717) is 0 Å². The summed E-state index contributed by atoms with van der Waals surface area (Å²) in [5.74, 6) is -2.52. The predicted molar refractivity (Wildman–Crippen MR) is 128 cm³/mol. The van der Waals surface area contributed by atoms with Crippen LogP contribution in [0.5, 0.6) is 0 Å². The highest BCUT2D eigenvalue weighted by molar-refractivity contribution is 8.01. The molecule has 0 radical (unpaired) electrons. The van der Waals surface area contributed by atoms with Gasteiger partial charge in [0.1, 0.15) is 18.0 Å². The van der Waals surface area contributed by atoms with Crippen molar-refractivity contribution in [3.8, 4) is 0 Å². The lowest BCUT2D eigenvalue weighted by atomic mass is 9.91. The van der Waals surface area contributed by atoms with Crippen LogP contribution in [0, 0.1) is 0 Å². The van der Waals surface area contributed by atoms with Gasteiger partial charge >= 0.3 is 5.97 Å². The fourth-order valence-corrected chi connectivity index (χ4v) is 6.77. The van der Waals surface area contributed by atoms with Crippen molar-refractivity contribution in [3.05, 3.63) is 71.8 Å². The van der Waals surface area contributed by atoms with Crippen LogP contribution in [-0.4, -0.2) is 57.5 Å². The molecular formula is C23H25N3O7S2. The first-order chi connectivity index (χ1) is 16.4. The molecule has 2 saturated heterocycles. The number of ether oxygens (including phenoxy) is 1. The summed E-state index contributed by atoms with van der Waals surface area (Å²) in [6, 6.07) is 15.5. The van der Waals surface area contributed by atoms with Gasteiger partial charge in [-0.1, -0.05) is 60.7 Å². The molecule has 2 heterocycles. The van der Waals surface area contributed by atoms with Crippen LogP contribution in [-0.2, 0) is 35.8 Å². The second-order valence-corrected chi connectivity index (χ2v) is 12.2. The van der Waals surface area contributed by atoms with Gasteiger partial charge in [-0.25, -0.2) is 4.79 Å². The summed E-state index contributed by atoms with van der Waals surface area (Å²) in [4.78, 5) is 40.3. The first kappa shape index (κ1) is 25.2. The Morgan fingerprint density at radius 3 is 2.29 bits per heavy atom. The van der Waals surface area contributed by atoms with Gasteiger partial charge in [0.2, 0.25) is 5.91 Å². The highest BCUT2D eigenvalue weighted by atomic mass is 32.2. The Labute approximate surface area is 206 Å². The normalized spacial score (nSPS) is 25.8. The molecule has 0 saturated carbocycles. The van der Waals surface area contributed by atoms with E-state index in [9.17, 15) is 27.4 Å². The topological polar surface area (TPSA) is 156 Å². The fourth-order valence-electron chi connectivity index (χ4n) is 4.34. The van der Waals surface area contributed by atoms with Gasteiger partial charge < -0.3 is 15.0 Å². The molecule has 186 valence electrons. The van der Waals surface area contributed by atoms with Gasteiger partial charge in [0.15, 0.2) is 10.9 Å². The Morgan fingerprint density at radius 2 is 1.71 bits per heavy atom. The lowest BCUT2D eigenvalue weighted by Gasteiger charge is -2.51. The van der Waals surface area contributed by atoms with E-state index in [1.54, 1.807) is 32.0 Å². The van der Waals surface area contributed by atoms with Crippen molar-refractivity contribution in [3.63, 3.8) is 0 Å². The van der Waals surface area contributed by atoms with Crippen LogP contribution in [0.4, 0.5) is 0 Å². The molecule has 0 spiro atoms. The fraction of sp³-hybridized carbons (Fsp3) is 0.348. The Balaban J connectivity index is 1.53. The highest BCUT2D eigenvalue weighted by Gasteiger charge is 2.71. The first-order valence-corrected chi connectivity index (χ1v) is 13.1. The summed E-state index contributed by atoms with van der Waals surface area (Å²) < 4.78 is 38.4. The maximum Gasteiger partial charge on any atom is 0.330 e. The van der Waals surface area contributed by atoms with Gasteiger partial charge in [0.05, 0.1) is 0 Å². The van der Waals surface area contributed by atoms with Crippen LogP contribution in [0.1, 0.15) is 30.2 Å². The molecular weight excluding hydrogens is 494 g/mol. The number of nitrogens with zero attached hydrogens (tertiary/aromatic N) is 1. The van der Waals surface area contributed by atoms with Crippen molar-refractivity contribution in [2.75, 3.05) is 0 Å². The van der Waals surface area contributed by atoms with Gasteiger partial charge in [-0.15, -0.1) is 11.8 Å². The minimum Gasteiger partial charge on any atom is -0.459 e. The monoisotopic (exact) mass is 519 g/mol. The lowest BCUT2D eigenvalue weighted by molar-refractivity contribution is -0.171. The molecule has 0 bridgehead atoms. The summed E-state index contributed by atoms with van der Waals surface area (Å²) in [7, 11) is -4.87. The average molecular weight is 520 g/mol. The number of benzene rings is 2. The van der Waals surface area contributed by atoms with E-state index in [1.165, 1.54) is 40.9 Å². The number of carbonyl (C=O) groups excluding carboxylic acids is 3. The number of carbonyl (C=O) groups is 3. The zero-order valence-corrected chi connectivity index (χ0v) is 20.6. The third-order valence-corrected chi connectivity index (χ3v) is 8.73. The maximum atomic E-state index is 13.1. The van der Waals surface area contributed by atoms with Gasteiger partial charge in [-0.2, -0.15) is 8.42 Å². The van der Waals surface area contributed by atoms with E-state index in [0.717, 1.165) is 5.56 Å². The molecule has 0 aromatic heterocycles. The van der Waals surface area contributed by atoms with Gasteiger partial charge in [-0.3, -0.25) is 19.9 Å². The van der Waals surface area contributed by atoms with E-state index < -0.39 is 55.0 Å². The number of nitrogens with two attached hydrogens (primary N) is 1. The molecule has 4 atom stereocenters. The summed E-state index contributed by atoms with van der Waals surface area (Å²) in [6.07, 6.45) is 0. The van der Waals surface area contributed by atoms with Crippen molar-refractivity contribution in [2.24, 2.45) is 5.73 Å². The number of hydrogen-bond donors (Lipinski definition) is 3. The molecule has 1 unspecified atom stereocenters. The largest absolute Gasteiger partial charge is 0.459 e. The van der Waals surface area contributed by atoms with Gasteiger partial charge in [0.25, 0.3) is 16.0 Å². The van der Waals surface area contributed by atoms with Crippen LogP contribution in [0.25, 0.3) is 0 Å². The van der Waals surface area contributed by atoms with Crippen molar-refractivity contribution < 1.29 is 32.1 Å². The summed E-state index contributed by atoms with van der Waals surface area (Å²) >= 11 is 1.20. The predicted octanol–water partition coefficient (Wildman–Crippen LogP) is 1.19. The number of nitrogens with one attached hydrogen (secondary N) is 1. The van der Waals surface area contributed by atoms with E-state index in [-0.39, 0.29) is 12.2 Å². The average Bonchev–Trinajstić information content (AvgIpc) is 3.07. The van der Waals surface area contributed by atoms with Crippen LogP contribution in [0.2, 0.25) is 0 Å².